The molecule has 0 amide bonds. The van der Waals surface area contributed by atoms with Gasteiger partial charge in [0.1, 0.15) is 0 Å². The Kier molecular flexibility index (Phi) is 3.42. The van der Waals surface area contributed by atoms with Crippen molar-refractivity contribution in [2.75, 3.05) is 7.11 Å². The molecule has 1 heterocycles. The fourth-order valence-electron chi connectivity index (χ4n) is 1.60. The van der Waals surface area contributed by atoms with Gasteiger partial charge < -0.3 is 4.74 Å². The summed E-state index contributed by atoms with van der Waals surface area (Å²) in [6, 6.07) is 7.02. The van der Waals surface area contributed by atoms with E-state index in [0.29, 0.717) is 11.1 Å². The monoisotopic (exact) mass is 271 g/mol. The van der Waals surface area contributed by atoms with Gasteiger partial charge in [-0.1, -0.05) is 12.1 Å². The molecule has 0 saturated carbocycles. The van der Waals surface area contributed by atoms with Gasteiger partial charge in [0.25, 0.3) is 0 Å². The molecule has 2 aromatic rings. The van der Waals surface area contributed by atoms with Crippen LogP contribution in [0.3, 0.4) is 0 Å². The van der Waals surface area contributed by atoms with E-state index in [4.69, 9.17) is 4.74 Å². The fraction of sp³-hybridized carbons (Fsp3) is 0.154. The van der Waals surface area contributed by atoms with Crippen LogP contribution in [0.5, 0.6) is 5.88 Å². The molecule has 0 saturated heterocycles. The largest absolute Gasteiger partial charge is 0.481 e. The Morgan fingerprint density at radius 1 is 1.00 bits per heavy atom. The van der Waals surface area contributed by atoms with E-state index in [1.54, 1.807) is 0 Å². The predicted octanol–water partition coefficient (Wildman–Crippen LogP) is 3.92. The quantitative estimate of drug-likeness (QED) is 0.610. The van der Waals surface area contributed by atoms with Gasteiger partial charge in [0.2, 0.25) is 11.8 Å². The number of ether oxygens (including phenoxy) is 1. The van der Waals surface area contributed by atoms with Crippen molar-refractivity contribution < 1.29 is 22.3 Å². The molecule has 0 unspecified atom stereocenters. The standard InChI is InChI=1S/C13H9F4NO/c1-19-12-7-9(6-11(14)18-12)8-2-4-10(5-3-8)13(15,16)17/h2-7H,1H3. The van der Waals surface area contributed by atoms with E-state index in [9.17, 15) is 17.6 Å². The Bertz CT molecular complexity index is 578. The van der Waals surface area contributed by atoms with Crippen LogP contribution in [-0.2, 0) is 6.18 Å². The lowest BCUT2D eigenvalue weighted by Gasteiger charge is -2.08. The second kappa shape index (κ2) is 4.87. The van der Waals surface area contributed by atoms with Crippen LogP contribution < -0.4 is 4.74 Å². The average Bonchev–Trinajstić information content (AvgIpc) is 2.37. The SMILES string of the molecule is COc1cc(-c2ccc(C(F)(F)F)cc2)cc(F)n1. The lowest BCUT2D eigenvalue weighted by atomic mass is 10.0. The summed E-state index contributed by atoms with van der Waals surface area (Å²) in [5, 5.41) is 0. The highest BCUT2D eigenvalue weighted by Gasteiger charge is 2.29. The van der Waals surface area contributed by atoms with E-state index in [2.05, 4.69) is 4.98 Å². The molecule has 0 radical (unpaired) electrons. The summed E-state index contributed by atoms with van der Waals surface area (Å²) in [5.41, 5.74) is 0.100. The fourth-order valence-corrected chi connectivity index (χ4v) is 1.60. The Labute approximate surface area is 106 Å². The van der Waals surface area contributed by atoms with Crippen molar-refractivity contribution >= 4 is 0 Å². The first kappa shape index (κ1) is 13.3. The summed E-state index contributed by atoms with van der Waals surface area (Å²) in [7, 11) is 1.33. The number of hydrogen-bond acceptors (Lipinski definition) is 2. The molecular weight excluding hydrogens is 262 g/mol. The van der Waals surface area contributed by atoms with Crippen molar-refractivity contribution in [3.05, 3.63) is 47.9 Å². The molecule has 1 aromatic carbocycles. The lowest BCUT2D eigenvalue weighted by molar-refractivity contribution is -0.137. The van der Waals surface area contributed by atoms with Gasteiger partial charge in [-0.25, -0.2) is 0 Å². The van der Waals surface area contributed by atoms with E-state index in [0.717, 1.165) is 18.2 Å². The van der Waals surface area contributed by atoms with Crippen LogP contribution in [0.4, 0.5) is 17.6 Å². The van der Waals surface area contributed by atoms with Crippen molar-refractivity contribution in [2.24, 2.45) is 0 Å². The molecule has 0 fully saturated rings. The topological polar surface area (TPSA) is 22.1 Å². The Morgan fingerprint density at radius 2 is 1.63 bits per heavy atom. The molecule has 100 valence electrons. The Hall–Kier alpha value is -2.11. The van der Waals surface area contributed by atoms with Crippen LogP contribution in [-0.4, -0.2) is 12.1 Å². The van der Waals surface area contributed by atoms with Gasteiger partial charge in [-0.05, 0) is 23.3 Å². The number of rotatable bonds is 2. The number of hydrogen-bond donors (Lipinski definition) is 0. The van der Waals surface area contributed by atoms with Crippen molar-refractivity contribution in [3.8, 4) is 17.0 Å². The van der Waals surface area contributed by atoms with Crippen LogP contribution in [0, 0.1) is 5.95 Å². The molecule has 0 atom stereocenters. The Balaban J connectivity index is 2.40. The number of benzene rings is 1. The third-order valence-corrected chi connectivity index (χ3v) is 2.53. The molecule has 0 aliphatic carbocycles. The molecule has 0 N–H and O–H groups in total. The van der Waals surface area contributed by atoms with Crippen molar-refractivity contribution in [2.45, 2.75) is 6.18 Å². The summed E-state index contributed by atoms with van der Waals surface area (Å²) >= 11 is 0. The molecule has 0 aliphatic rings. The zero-order valence-electron chi connectivity index (χ0n) is 9.83. The molecule has 0 aliphatic heterocycles. The highest BCUT2D eigenvalue weighted by Crippen LogP contribution is 2.31. The van der Waals surface area contributed by atoms with Crippen molar-refractivity contribution in [3.63, 3.8) is 0 Å². The van der Waals surface area contributed by atoms with Crippen molar-refractivity contribution in [1.82, 2.24) is 4.98 Å². The third kappa shape index (κ3) is 3.01. The van der Waals surface area contributed by atoms with Crippen LogP contribution in [0.25, 0.3) is 11.1 Å². The average molecular weight is 271 g/mol. The number of alkyl halides is 3. The summed E-state index contributed by atoms with van der Waals surface area (Å²) in [4.78, 5) is 3.47. The van der Waals surface area contributed by atoms with E-state index < -0.39 is 17.7 Å². The molecule has 19 heavy (non-hydrogen) atoms. The molecule has 1 aromatic heterocycles. The first-order valence-corrected chi connectivity index (χ1v) is 5.29. The van der Waals surface area contributed by atoms with Gasteiger partial charge in [0.15, 0.2) is 0 Å². The minimum absolute atomic E-state index is 0.0647. The highest BCUT2D eigenvalue weighted by atomic mass is 19.4. The second-order valence-electron chi connectivity index (χ2n) is 3.80. The van der Waals surface area contributed by atoms with E-state index in [-0.39, 0.29) is 5.88 Å². The molecule has 0 spiro atoms. The second-order valence-corrected chi connectivity index (χ2v) is 3.80. The van der Waals surface area contributed by atoms with Gasteiger partial charge in [0.05, 0.1) is 12.7 Å². The zero-order valence-corrected chi connectivity index (χ0v) is 9.83. The van der Waals surface area contributed by atoms with Gasteiger partial charge in [-0.3, -0.25) is 0 Å². The van der Waals surface area contributed by atoms with Gasteiger partial charge in [0, 0.05) is 12.1 Å². The normalized spacial score (nSPS) is 11.4. The van der Waals surface area contributed by atoms with Gasteiger partial charge in [-0.15, -0.1) is 0 Å². The van der Waals surface area contributed by atoms with E-state index >= 15 is 0 Å². The number of aromatic nitrogens is 1. The van der Waals surface area contributed by atoms with E-state index in [1.807, 2.05) is 0 Å². The first-order valence-electron chi connectivity index (χ1n) is 5.29. The van der Waals surface area contributed by atoms with Crippen molar-refractivity contribution in [1.29, 1.82) is 0 Å². The molecule has 2 nitrogen and oxygen atoms in total. The summed E-state index contributed by atoms with van der Waals surface area (Å²) in [5.74, 6) is -0.691. The zero-order chi connectivity index (χ0) is 14.0. The molecule has 0 bridgehead atoms. The maximum absolute atomic E-state index is 13.2. The maximum atomic E-state index is 13.2. The molecular formula is C13H9F4NO. The number of halogens is 4. The first-order chi connectivity index (χ1) is 8.90. The third-order valence-electron chi connectivity index (χ3n) is 2.53. The maximum Gasteiger partial charge on any atom is 0.416 e. The molecule has 2 rings (SSSR count). The predicted molar refractivity (Wildman–Crippen MR) is 61.2 cm³/mol. The number of methoxy groups -OCH3 is 1. The smallest absolute Gasteiger partial charge is 0.416 e. The van der Waals surface area contributed by atoms with Gasteiger partial charge >= 0.3 is 6.18 Å². The Morgan fingerprint density at radius 3 is 2.16 bits per heavy atom. The summed E-state index contributed by atoms with van der Waals surface area (Å²) in [6.45, 7) is 0. The van der Waals surface area contributed by atoms with Crippen LogP contribution >= 0.6 is 0 Å². The minimum Gasteiger partial charge on any atom is -0.481 e. The van der Waals surface area contributed by atoms with E-state index in [1.165, 1.54) is 25.3 Å². The number of nitrogens with zero attached hydrogens (tertiary/aromatic N) is 1. The summed E-state index contributed by atoms with van der Waals surface area (Å²) in [6.07, 6.45) is -4.39. The highest BCUT2D eigenvalue weighted by molar-refractivity contribution is 5.64. The van der Waals surface area contributed by atoms with Crippen LogP contribution in [0.1, 0.15) is 5.56 Å². The molecule has 6 heteroatoms. The van der Waals surface area contributed by atoms with Crippen LogP contribution in [0.2, 0.25) is 0 Å². The van der Waals surface area contributed by atoms with Crippen LogP contribution in [0.15, 0.2) is 36.4 Å². The number of pyridine rings is 1. The minimum atomic E-state index is -4.39. The lowest BCUT2D eigenvalue weighted by Crippen LogP contribution is -2.04. The van der Waals surface area contributed by atoms with Gasteiger partial charge in [-0.2, -0.15) is 22.5 Å². The summed E-state index contributed by atoms with van der Waals surface area (Å²) < 4.78 is 55.2.